The minimum absolute atomic E-state index is 0.0542. The van der Waals surface area contributed by atoms with Crippen LogP contribution in [0.4, 0.5) is 11.4 Å². The van der Waals surface area contributed by atoms with Crippen LogP contribution in [0, 0.1) is 24.0 Å². The van der Waals surface area contributed by atoms with Gasteiger partial charge in [0, 0.05) is 37.8 Å². The molecule has 1 aliphatic rings. The molecule has 0 aliphatic carbocycles. The monoisotopic (exact) mass is 432 g/mol. The van der Waals surface area contributed by atoms with Gasteiger partial charge >= 0.3 is 0 Å². The summed E-state index contributed by atoms with van der Waals surface area (Å²) < 4.78 is 27.4. The minimum atomic E-state index is -3.72. The summed E-state index contributed by atoms with van der Waals surface area (Å²) >= 11 is 0. The maximum atomic E-state index is 13.0. The average Bonchev–Trinajstić information content (AvgIpc) is 2.69. The molecule has 1 N–H and O–H groups in total. The maximum absolute atomic E-state index is 13.0. The number of piperazine rings is 1. The third-order valence-electron chi connectivity index (χ3n) is 5.30. The molecule has 9 nitrogen and oxygen atoms in total. The van der Waals surface area contributed by atoms with E-state index in [1.165, 1.54) is 28.6 Å². The summed E-state index contributed by atoms with van der Waals surface area (Å²) in [5, 5.41) is 13.8. The predicted octanol–water partition coefficient (Wildman–Crippen LogP) is 2.40. The van der Waals surface area contributed by atoms with Gasteiger partial charge in [0.25, 0.3) is 11.6 Å². The van der Waals surface area contributed by atoms with Crippen LogP contribution < -0.4 is 5.32 Å². The standard InChI is InChI=1S/C20H24N4O5S/c1-14-7-8-16(30(28,29)23-11-9-22(3)10-12-23)13-17(14)20(25)21-18-5-4-6-19(15(18)2)24(26)27/h4-8,13H,9-12H2,1-3H3,(H,21,25). The van der Waals surface area contributed by atoms with Crippen LogP contribution in [-0.4, -0.2) is 61.7 Å². The predicted molar refractivity (Wildman–Crippen MR) is 113 cm³/mol. The molecule has 0 saturated carbocycles. The number of anilines is 1. The Kier molecular flexibility index (Phi) is 6.20. The quantitative estimate of drug-likeness (QED) is 0.573. The van der Waals surface area contributed by atoms with E-state index >= 15 is 0 Å². The summed E-state index contributed by atoms with van der Waals surface area (Å²) in [4.78, 5) is 25.6. The van der Waals surface area contributed by atoms with Crippen molar-refractivity contribution in [2.45, 2.75) is 18.7 Å². The lowest BCUT2D eigenvalue weighted by Crippen LogP contribution is -2.47. The highest BCUT2D eigenvalue weighted by molar-refractivity contribution is 7.89. The molecule has 3 rings (SSSR count). The van der Waals surface area contributed by atoms with Gasteiger partial charge in [-0.15, -0.1) is 0 Å². The number of hydrogen-bond acceptors (Lipinski definition) is 6. The number of nitrogens with zero attached hydrogens (tertiary/aromatic N) is 3. The van der Waals surface area contributed by atoms with Gasteiger partial charge in [0.2, 0.25) is 10.0 Å². The number of hydrogen-bond donors (Lipinski definition) is 1. The maximum Gasteiger partial charge on any atom is 0.274 e. The summed E-state index contributed by atoms with van der Waals surface area (Å²) in [6.07, 6.45) is 0. The van der Waals surface area contributed by atoms with Crippen molar-refractivity contribution in [1.82, 2.24) is 9.21 Å². The largest absolute Gasteiger partial charge is 0.321 e. The lowest BCUT2D eigenvalue weighted by atomic mass is 10.1. The number of nitro benzene ring substituents is 1. The molecule has 0 bridgehead atoms. The fraction of sp³-hybridized carbons (Fsp3) is 0.350. The van der Waals surface area contributed by atoms with Gasteiger partial charge in [-0.05, 0) is 44.7 Å². The topological polar surface area (TPSA) is 113 Å². The van der Waals surface area contributed by atoms with Crippen molar-refractivity contribution in [3.63, 3.8) is 0 Å². The van der Waals surface area contributed by atoms with Crippen molar-refractivity contribution in [3.8, 4) is 0 Å². The van der Waals surface area contributed by atoms with Crippen LogP contribution in [0.15, 0.2) is 41.3 Å². The molecule has 1 saturated heterocycles. The van der Waals surface area contributed by atoms with E-state index in [1.807, 2.05) is 7.05 Å². The third kappa shape index (κ3) is 4.35. The van der Waals surface area contributed by atoms with E-state index < -0.39 is 20.9 Å². The minimum Gasteiger partial charge on any atom is -0.321 e. The highest BCUT2D eigenvalue weighted by Crippen LogP contribution is 2.26. The van der Waals surface area contributed by atoms with Gasteiger partial charge in [-0.25, -0.2) is 8.42 Å². The van der Waals surface area contributed by atoms with Crippen molar-refractivity contribution in [2.75, 3.05) is 38.5 Å². The lowest BCUT2D eigenvalue weighted by molar-refractivity contribution is -0.385. The Labute approximate surface area is 175 Å². The van der Waals surface area contributed by atoms with E-state index in [9.17, 15) is 23.3 Å². The van der Waals surface area contributed by atoms with Gasteiger partial charge in [0.15, 0.2) is 0 Å². The molecule has 1 aliphatic heterocycles. The van der Waals surface area contributed by atoms with Gasteiger partial charge in [0.1, 0.15) is 0 Å². The van der Waals surface area contributed by atoms with Gasteiger partial charge in [-0.1, -0.05) is 12.1 Å². The van der Waals surface area contributed by atoms with Crippen LogP contribution in [0.3, 0.4) is 0 Å². The average molecular weight is 433 g/mol. The van der Waals surface area contributed by atoms with Crippen molar-refractivity contribution in [2.24, 2.45) is 0 Å². The molecule has 0 atom stereocenters. The highest BCUT2D eigenvalue weighted by Gasteiger charge is 2.28. The summed E-state index contributed by atoms with van der Waals surface area (Å²) in [5.41, 5.74) is 1.34. The van der Waals surface area contributed by atoms with E-state index in [0.717, 1.165) is 0 Å². The van der Waals surface area contributed by atoms with Crippen LogP contribution in [0.5, 0.6) is 0 Å². The lowest BCUT2D eigenvalue weighted by Gasteiger charge is -2.31. The number of benzene rings is 2. The summed E-state index contributed by atoms with van der Waals surface area (Å²) in [6.45, 7) is 5.33. The van der Waals surface area contributed by atoms with Crippen LogP contribution in [-0.2, 0) is 10.0 Å². The fourth-order valence-corrected chi connectivity index (χ4v) is 4.78. The zero-order chi connectivity index (χ0) is 22.1. The highest BCUT2D eigenvalue weighted by atomic mass is 32.2. The second kappa shape index (κ2) is 8.50. The van der Waals surface area contributed by atoms with Crippen molar-refractivity contribution < 1.29 is 18.1 Å². The first-order chi connectivity index (χ1) is 14.1. The second-order valence-electron chi connectivity index (χ2n) is 7.35. The number of nitro groups is 1. The number of sulfonamides is 1. The van der Waals surface area contributed by atoms with Crippen LogP contribution in [0.2, 0.25) is 0 Å². The molecule has 0 aromatic heterocycles. The molecule has 0 radical (unpaired) electrons. The molecule has 0 unspecified atom stereocenters. The molecule has 1 fully saturated rings. The van der Waals surface area contributed by atoms with E-state index in [2.05, 4.69) is 10.2 Å². The molecule has 10 heteroatoms. The van der Waals surface area contributed by atoms with E-state index in [1.54, 1.807) is 26.0 Å². The van der Waals surface area contributed by atoms with Crippen LogP contribution >= 0.6 is 0 Å². The summed E-state index contributed by atoms with van der Waals surface area (Å²) in [5.74, 6) is -0.522. The number of rotatable bonds is 5. The molecule has 160 valence electrons. The molecule has 2 aromatic carbocycles. The summed E-state index contributed by atoms with van der Waals surface area (Å²) in [6, 6.07) is 8.88. The molecule has 30 heavy (non-hydrogen) atoms. The molecule has 2 aromatic rings. The zero-order valence-electron chi connectivity index (χ0n) is 17.1. The first-order valence-electron chi connectivity index (χ1n) is 9.46. The van der Waals surface area contributed by atoms with Crippen molar-refractivity contribution in [3.05, 3.63) is 63.2 Å². The Morgan fingerprint density at radius 1 is 1.10 bits per heavy atom. The smallest absolute Gasteiger partial charge is 0.274 e. The van der Waals surface area contributed by atoms with Gasteiger partial charge in [-0.3, -0.25) is 14.9 Å². The van der Waals surface area contributed by atoms with Crippen LogP contribution in [0.25, 0.3) is 0 Å². The van der Waals surface area contributed by atoms with Crippen LogP contribution in [0.1, 0.15) is 21.5 Å². The number of aryl methyl sites for hydroxylation is 1. The Morgan fingerprint density at radius 3 is 2.40 bits per heavy atom. The third-order valence-corrected chi connectivity index (χ3v) is 7.20. The Bertz CT molecular complexity index is 1090. The molecular formula is C20H24N4O5S. The Balaban J connectivity index is 1.89. The Hall–Kier alpha value is -2.82. The van der Waals surface area contributed by atoms with Crippen molar-refractivity contribution in [1.29, 1.82) is 0 Å². The fourth-order valence-electron chi connectivity index (χ4n) is 3.33. The van der Waals surface area contributed by atoms with Gasteiger partial charge < -0.3 is 10.2 Å². The molecular weight excluding hydrogens is 408 g/mol. The van der Waals surface area contributed by atoms with Gasteiger partial charge in [0.05, 0.1) is 21.1 Å². The van der Waals surface area contributed by atoms with E-state index in [-0.39, 0.29) is 16.1 Å². The normalized spacial score (nSPS) is 15.7. The summed E-state index contributed by atoms with van der Waals surface area (Å²) in [7, 11) is -1.78. The number of carbonyl (C=O) groups is 1. The number of carbonyl (C=O) groups excluding carboxylic acids is 1. The van der Waals surface area contributed by atoms with E-state index in [4.69, 9.17) is 0 Å². The SMILES string of the molecule is Cc1ccc(S(=O)(=O)N2CCN(C)CC2)cc1C(=O)Nc1cccc([N+](=O)[O-])c1C. The number of nitrogens with one attached hydrogen (secondary N) is 1. The van der Waals surface area contributed by atoms with Crippen molar-refractivity contribution >= 4 is 27.3 Å². The van der Waals surface area contributed by atoms with E-state index in [0.29, 0.717) is 43.0 Å². The molecule has 1 amide bonds. The number of likely N-dealkylation sites (N-methyl/N-ethyl adjacent to an activating group) is 1. The molecule has 0 spiro atoms. The van der Waals surface area contributed by atoms with Gasteiger partial charge in [-0.2, -0.15) is 4.31 Å². The Morgan fingerprint density at radius 2 is 1.77 bits per heavy atom. The molecule has 1 heterocycles. The second-order valence-corrected chi connectivity index (χ2v) is 9.28. The first kappa shape index (κ1) is 21.9. The zero-order valence-corrected chi connectivity index (χ0v) is 17.9. The first-order valence-corrected chi connectivity index (χ1v) is 10.9. The number of amides is 1.